The lowest BCUT2D eigenvalue weighted by atomic mass is 9.84. The highest BCUT2D eigenvalue weighted by molar-refractivity contribution is 5.65. The second kappa shape index (κ2) is 4.72. The number of rotatable bonds is 3. The van der Waals surface area contributed by atoms with Crippen molar-refractivity contribution in [2.75, 3.05) is 6.54 Å². The number of aryl methyl sites for hydroxylation is 1. The fraction of sp³-hybridized carbons (Fsp3) is 0.750. The summed E-state index contributed by atoms with van der Waals surface area (Å²) in [4.78, 5) is 11.2. The van der Waals surface area contributed by atoms with Crippen LogP contribution in [0.15, 0.2) is 0 Å². The molecule has 2 aliphatic carbocycles. The minimum Gasteiger partial charge on any atom is -0.443 e. The van der Waals surface area contributed by atoms with Crippen LogP contribution in [0, 0.1) is 12.3 Å². The van der Waals surface area contributed by atoms with Crippen LogP contribution >= 0.6 is 0 Å². The van der Waals surface area contributed by atoms with E-state index in [0.29, 0.717) is 0 Å². The van der Waals surface area contributed by atoms with Gasteiger partial charge in [0.1, 0.15) is 5.60 Å². The average Bonchev–Trinajstić information content (AvgIpc) is 3.10. The number of carbonyl (C=O) groups is 1. The molecule has 0 atom stereocenters. The number of fused-ring (bicyclic) bond motifs is 3. The van der Waals surface area contributed by atoms with E-state index in [1.54, 1.807) is 0 Å². The SMILES string of the molecule is Cc1nn(CC23CCC(OC(N)=O)(CC2)C3)c2c1CNCC2. The molecule has 0 saturated heterocycles. The molecule has 0 spiro atoms. The summed E-state index contributed by atoms with van der Waals surface area (Å²) in [6.45, 7) is 5.01. The topological polar surface area (TPSA) is 82.2 Å². The van der Waals surface area contributed by atoms with Crippen LogP contribution in [0.4, 0.5) is 4.79 Å². The van der Waals surface area contributed by atoms with Gasteiger partial charge in [-0.25, -0.2) is 4.79 Å². The van der Waals surface area contributed by atoms with Gasteiger partial charge in [0, 0.05) is 37.3 Å². The number of aromatic nitrogens is 2. The van der Waals surface area contributed by atoms with Gasteiger partial charge in [-0.1, -0.05) is 0 Å². The van der Waals surface area contributed by atoms with Crippen molar-refractivity contribution in [2.24, 2.45) is 11.1 Å². The highest BCUT2D eigenvalue weighted by Gasteiger charge is 2.56. The molecule has 22 heavy (non-hydrogen) atoms. The van der Waals surface area contributed by atoms with Gasteiger partial charge in [-0.05, 0) is 44.4 Å². The third-order valence-electron chi connectivity index (χ3n) is 5.93. The molecular weight excluding hydrogens is 280 g/mol. The molecule has 2 heterocycles. The van der Waals surface area contributed by atoms with Gasteiger partial charge < -0.3 is 15.8 Å². The maximum absolute atomic E-state index is 11.2. The third kappa shape index (κ3) is 2.12. The number of nitrogens with one attached hydrogen (secondary N) is 1. The number of nitrogens with two attached hydrogens (primary N) is 1. The van der Waals surface area contributed by atoms with Gasteiger partial charge in [0.25, 0.3) is 0 Å². The first-order chi connectivity index (χ1) is 10.5. The van der Waals surface area contributed by atoms with Crippen LogP contribution < -0.4 is 11.1 Å². The van der Waals surface area contributed by atoms with Crippen molar-refractivity contribution in [2.45, 2.75) is 64.1 Å². The average molecular weight is 304 g/mol. The number of primary amides is 1. The van der Waals surface area contributed by atoms with Crippen LogP contribution in [0.25, 0.3) is 0 Å². The second-order valence-electron chi connectivity index (χ2n) is 7.38. The minimum absolute atomic E-state index is 0.229. The minimum atomic E-state index is -0.629. The van der Waals surface area contributed by atoms with E-state index in [4.69, 9.17) is 15.6 Å². The summed E-state index contributed by atoms with van der Waals surface area (Å²) in [5, 5.41) is 8.22. The van der Waals surface area contributed by atoms with Crippen LogP contribution in [0.3, 0.4) is 0 Å². The van der Waals surface area contributed by atoms with Gasteiger partial charge in [-0.2, -0.15) is 5.10 Å². The van der Waals surface area contributed by atoms with Gasteiger partial charge in [-0.3, -0.25) is 4.68 Å². The molecule has 2 fully saturated rings. The molecule has 6 nitrogen and oxygen atoms in total. The van der Waals surface area contributed by atoms with Gasteiger partial charge in [0.05, 0.1) is 5.69 Å². The first-order valence-electron chi connectivity index (χ1n) is 8.25. The van der Waals surface area contributed by atoms with Crippen molar-refractivity contribution in [1.29, 1.82) is 0 Å². The number of carbonyl (C=O) groups excluding carboxylic acids is 1. The fourth-order valence-corrected chi connectivity index (χ4v) is 4.88. The lowest BCUT2D eigenvalue weighted by molar-refractivity contribution is 0.0251. The second-order valence-corrected chi connectivity index (χ2v) is 7.38. The summed E-state index contributed by atoms with van der Waals surface area (Å²) >= 11 is 0. The van der Waals surface area contributed by atoms with Crippen LogP contribution in [0.1, 0.15) is 49.1 Å². The Bertz CT molecular complexity index is 614. The Kier molecular flexibility index (Phi) is 3.01. The standard InChI is InChI=1S/C16H24N4O2/c1-11-12-8-18-7-2-13(12)20(19-11)10-15-3-5-16(9-15,6-4-15)22-14(17)21/h18H,2-10H2,1H3,(H2,17,21). The van der Waals surface area contributed by atoms with E-state index in [1.165, 1.54) is 11.3 Å². The van der Waals surface area contributed by atoms with E-state index in [9.17, 15) is 4.79 Å². The molecule has 120 valence electrons. The number of amides is 1. The summed E-state index contributed by atoms with van der Waals surface area (Å²) in [5.74, 6) is 0. The van der Waals surface area contributed by atoms with Crippen molar-refractivity contribution >= 4 is 6.09 Å². The van der Waals surface area contributed by atoms with Crippen molar-refractivity contribution in [3.63, 3.8) is 0 Å². The molecule has 1 aromatic heterocycles. The Labute approximate surface area is 130 Å². The molecular formula is C16H24N4O2. The molecule has 0 unspecified atom stereocenters. The number of nitrogens with zero attached hydrogens (tertiary/aromatic N) is 2. The van der Waals surface area contributed by atoms with Crippen molar-refractivity contribution in [1.82, 2.24) is 15.1 Å². The molecule has 2 bridgehead atoms. The lowest BCUT2D eigenvalue weighted by Gasteiger charge is -2.28. The molecule has 3 N–H and O–H groups in total. The smallest absolute Gasteiger partial charge is 0.405 e. The Morgan fingerprint density at radius 3 is 2.91 bits per heavy atom. The summed E-state index contributed by atoms with van der Waals surface area (Å²) in [7, 11) is 0. The molecule has 1 aromatic rings. The first kappa shape index (κ1) is 14.1. The molecule has 0 radical (unpaired) electrons. The van der Waals surface area contributed by atoms with E-state index in [0.717, 1.165) is 63.9 Å². The van der Waals surface area contributed by atoms with E-state index >= 15 is 0 Å². The maximum Gasteiger partial charge on any atom is 0.405 e. The largest absolute Gasteiger partial charge is 0.443 e. The normalized spacial score (nSPS) is 33.0. The molecule has 1 amide bonds. The van der Waals surface area contributed by atoms with Crippen LogP contribution in [0.2, 0.25) is 0 Å². The molecule has 1 aliphatic heterocycles. The zero-order valence-electron chi connectivity index (χ0n) is 13.2. The van der Waals surface area contributed by atoms with Crippen molar-refractivity contribution in [3.05, 3.63) is 17.0 Å². The Morgan fingerprint density at radius 1 is 1.41 bits per heavy atom. The highest BCUT2D eigenvalue weighted by Crippen LogP contribution is 2.59. The molecule has 3 aliphatic rings. The molecule has 2 saturated carbocycles. The summed E-state index contributed by atoms with van der Waals surface area (Å²) in [5.41, 5.74) is 9.10. The zero-order valence-corrected chi connectivity index (χ0v) is 13.2. The van der Waals surface area contributed by atoms with Gasteiger partial charge in [0.2, 0.25) is 0 Å². The summed E-state index contributed by atoms with van der Waals surface area (Å²) in [6.07, 6.45) is 5.46. The van der Waals surface area contributed by atoms with E-state index in [-0.39, 0.29) is 11.0 Å². The van der Waals surface area contributed by atoms with Crippen molar-refractivity contribution in [3.8, 4) is 0 Å². The van der Waals surface area contributed by atoms with Gasteiger partial charge >= 0.3 is 6.09 Å². The molecule has 6 heteroatoms. The van der Waals surface area contributed by atoms with Gasteiger partial charge in [-0.15, -0.1) is 0 Å². The number of hydrogen-bond acceptors (Lipinski definition) is 4. The van der Waals surface area contributed by atoms with E-state index in [1.807, 2.05) is 0 Å². The maximum atomic E-state index is 11.2. The summed E-state index contributed by atoms with van der Waals surface area (Å²) < 4.78 is 7.70. The quantitative estimate of drug-likeness (QED) is 0.889. The lowest BCUT2D eigenvalue weighted by Crippen LogP contribution is -2.32. The predicted octanol–water partition coefficient (Wildman–Crippen LogP) is 1.64. The van der Waals surface area contributed by atoms with E-state index in [2.05, 4.69) is 16.9 Å². The first-order valence-corrected chi connectivity index (χ1v) is 8.25. The van der Waals surface area contributed by atoms with Gasteiger partial charge in [0.15, 0.2) is 0 Å². The Morgan fingerprint density at radius 2 is 2.18 bits per heavy atom. The van der Waals surface area contributed by atoms with Crippen LogP contribution in [-0.2, 0) is 24.2 Å². The molecule has 0 aromatic carbocycles. The summed E-state index contributed by atoms with van der Waals surface area (Å²) in [6, 6.07) is 0. The Hall–Kier alpha value is -1.56. The fourth-order valence-electron chi connectivity index (χ4n) is 4.88. The van der Waals surface area contributed by atoms with Crippen LogP contribution in [-0.4, -0.2) is 28.0 Å². The number of ether oxygens (including phenoxy) is 1. The zero-order chi connectivity index (χ0) is 15.4. The van der Waals surface area contributed by atoms with E-state index < -0.39 is 6.09 Å². The highest BCUT2D eigenvalue weighted by atomic mass is 16.6. The third-order valence-corrected chi connectivity index (χ3v) is 5.93. The van der Waals surface area contributed by atoms with Crippen molar-refractivity contribution < 1.29 is 9.53 Å². The Balaban J connectivity index is 1.57. The van der Waals surface area contributed by atoms with Crippen LogP contribution in [0.5, 0.6) is 0 Å². The predicted molar refractivity (Wildman–Crippen MR) is 81.3 cm³/mol. The number of hydrogen-bond donors (Lipinski definition) is 2. The monoisotopic (exact) mass is 304 g/mol. The molecule has 4 rings (SSSR count).